The number of primary amides is 1. The van der Waals surface area contributed by atoms with Gasteiger partial charge in [-0.1, -0.05) is 0 Å². The first-order valence-corrected chi connectivity index (χ1v) is 5.23. The molecule has 0 aliphatic carbocycles. The predicted octanol–water partition coefficient (Wildman–Crippen LogP) is 0.323. The fourth-order valence-corrected chi connectivity index (χ4v) is 1.96. The van der Waals surface area contributed by atoms with Crippen molar-refractivity contribution in [2.45, 2.75) is 12.8 Å². The van der Waals surface area contributed by atoms with E-state index in [0.29, 0.717) is 24.1 Å². The third-order valence-electron chi connectivity index (χ3n) is 2.72. The third-order valence-corrected chi connectivity index (χ3v) is 2.72. The zero-order valence-corrected chi connectivity index (χ0v) is 9.14. The molecule has 0 atom stereocenters. The lowest BCUT2D eigenvalue weighted by Gasteiger charge is -2.28. The molecule has 0 radical (unpaired) electrons. The van der Waals surface area contributed by atoms with Crippen LogP contribution in [0.5, 0.6) is 0 Å². The number of hydrogen-bond donors (Lipinski definition) is 1. The summed E-state index contributed by atoms with van der Waals surface area (Å²) in [5.74, 6) is -0.656. The van der Waals surface area contributed by atoms with Crippen LogP contribution in [0.25, 0.3) is 0 Å². The maximum Gasteiger partial charge on any atom is 0.237 e. The van der Waals surface area contributed by atoms with Crippen LogP contribution < -0.4 is 10.6 Å². The SMILES string of the molecule is N#Cc1ccc2c(c1)CCC(=O)N2CC(N)=O. The van der Waals surface area contributed by atoms with Gasteiger partial charge < -0.3 is 10.6 Å². The van der Waals surface area contributed by atoms with E-state index in [0.717, 1.165) is 5.56 Å². The normalized spacial score (nSPS) is 14.1. The van der Waals surface area contributed by atoms with E-state index in [9.17, 15) is 9.59 Å². The van der Waals surface area contributed by atoms with E-state index in [4.69, 9.17) is 11.0 Å². The smallest absolute Gasteiger partial charge is 0.237 e. The summed E-state index contributed by atoms with van der Waals surface area (Å²) in [7, 11) is 0. The van der Waals surface area contributed by atoms with Gasteiger partial charge in [0.2, 0.25) is 11.8 Å². The molecule has 1 heterocycles. The van der Waals surface area contributed by atoms with Crippen LogP contribution in [0, 0.1) is 11.3 Å². The number of carbonyl (C=O) groups excluding carboxylic acids is 2. The number of hydrogen-bond acceptors (Lipinski definition) is 3. The van der Waals surface area contributed by atoms with Crippen molar-refractivity contribution in [3.8, 4) is 6.07 Å². The fraction of sp³-hybridized carbons (Fsp3) is 0.250. The van der Waals surface area contributed by atoms with Crippen LogP contribution in [0.15, 0.2) is 18.2 Å². The molecule has 17 heavy (non-hydrogen) atoms. The molecule has 1 aliphatic rings. The largest absolute Gasteiger partial charge is 0.368 e. The van der Waals surface area contributed by atoms with Crippen molar-refractivity contribution in [1.29, 1.82) is 5.26 Å². The van der Waals surface area contributed by atoms with Crippen LogP contribution in [0.4, 0.5) is 5.69 Å². The Balaban J connectivity index is 2.42. The van der Waals surface area contributed by atoms with E-state index in [1.807, 2.05) is 6.07 Å². The summed E-state index contributed by atoms with van der Waals surface area (Å²) < 4.78 is 0. The van der Waals surface area contributed by atoms with Gasteiger partial charge >= 0.3 is 0 Å². The Morgan fingerprint density at radius 3 is 2.88 bits per heavy atom. The molecule has 2 N–H and O–H groups in total. The zero-order valence-electron chi connectivity index (χ0n) is 9.14. The lowest BCUT2D eigenvalue weighted by Crippen LogP contribution is -2.41. The fourth-order valence-electron chi connectivity index (χ4n) is 1.96. The van der Waals surface area contributed by atoms with Gasteiger partial charge in [-0.15, -0.1) is 0 Å². The van der Waals surface area contributed by atoms with Gasteiger partial charge in [0, 0.05) is 12.1 Å². The Bertz CT molecular complexity index is 531. The second kappa shape index (κ2) is 4.26. The summed E-state index contributed by atoms with van der Waals surface area (Å²) in [6.07, 6.45) is 0.939. The van der Waals surface area contributed by atoms with Crippen molar-refractivity contribution in [3.05, 3.63) is 29.3 Å². The minimum atomic E-state index is -0.546. The van der Waals surface area contributed by atoms with Gasteiger partial charge in [0.05, 0.1) is 11.6 Å². The summed E-state index contributed by atoms with van der Waals surface area (Å²) in [4.78, 5) is 24.0. The van der Waals surface area contributed by atoms with E-state index < -0.39 is 5.91 Å². The number of benzene rings is 1. The number of amides is 2. The maximum absolute atomic E-state index is 11.7. The number of nitrogens with two attached hydrogens (primary N) is 1. The Labute approximate surface area is 98.4 Å². The van der Waals surface area contributed by atoms with E-state index in [2.05, 4.69) is 0 Å². The topological polar surface area (TPSA) is 87.2 Å². The second-order valence-corrected chi connectivity index (χ2v) is 3.90. The highest BCUT2D eigenvalue weighted by atomic mass is 16.2. The molecule has 0 unspecified atom stereocenters. The summed E-state index contributed by atoms with van der Waals surface area (Å²) in [6.45, 7) is -0.113. The molecule has 1 aromatic rings. The monoisotopic (exact) mass is 229 g/mol. The molecule has 1 aromatic carbocycles. The van der Waals surface area contributed by atoms with Crippen molar-refractivity contribution in [2.75, 3.05) is 11.4 Å². The molecule has 2 amide bonds. The van der Waals surface area contributed by atoms with Crippen molar-refractivity contribution < 1.29 is 9.59 Å². The molecule has 0 fully saturated rings. The molecule has 86 valence electrons. The first-order valence-electron chi connectivity index (χ1n) is 5.23. The summed E-state index contributed by atoms with van der Waals surface area (Å²) in [5.41, 5.74) is 7.25. The van der Waals surface area contributed by atoms with Crippen LogP contribution in [0.1, 0.15) is 17.5 Å². The van der Waals surface area contributed by atoms with E-state index in [1.54, 1.807) is 18.2 Å². The molecule has 5 heteroatoms. The van der Waals surface area contributed by atoms with Crippen LogP contribution >= 0.6 is 0 Å². The Kier molecular flexibility index (Phi) is 2.79. The van der Waals surface area contributed by atoms with E-state index in [-0.39, 0.29) is 12.5 Å². The summed E-state index contributed by atoms with van der Waals surface area (Å²) >= 11 is 0. The highest BCUT2D eigenvalue weighted by Crippen LogP contribution is 2.28. The number of anilines is 1. The second-order valence-electron chi connectivity index (χ2n) is 3.90. The number of rotatable bonds is 2. The minimum Gasteiger partial charge on any atom is -0.368 e. The van der Waals surface area contributed by atoms with Gasteiger partial charge in [-0.25, -0.2) is 0 Å². The van der Waals surface area contributed by atoms with Gasteiger partial charge in [-0.2, -0.15) is 5.26 Å². The zero-order chi connectivity index (χ0) is 12.4. The molecule has 0 saturated carbocycles. The molecule has 0 bridgehead atoms. The maximum atomic E-state index is 11.7. The number of carbonyl (C=O) groups is 2. The van der Waals surface area contributed by atoms with Crippen LogP contribution in [-0.2, 0) is 16.0 Å². The Morgan fingerprint density at radius 2 is 2.24 bits per heavy atom. The number of nitriles is 1. The van der Waals surface area contributed by atoms with Crippen molar-refractivity contribution in [3.63, 3.8) is 0 Å². The molecule has 1 aliphatic heterocycles. The average molecular weight is 229 g/mol. The lowest BCUT2D eigenvalue weighted by molar-refractivity contribution is -0.122. The van der Waals surface area contributed by atoms with Gasteiger partial charge in [-0.05, 0) is 30.2 Å². The van der Waals surface area contributed by atoms with Crippen molar-refractivity contribution in [1.82, 2.24) is 0 Å². The lowest BCUT2D eigenvalue weighted by atomic mass is 9.99. The molecule has 0 saturated heterocycles. The Hall–Kier alpha value is -2.35. The average Bonchev–Trinajstić information content (AvgIpc) is 2.32. The number of nitrogens with zero attached hydrogens (tertiary/aromatic N) is 2. The van der Waals surface area contributed by atoms with Crippen LogP contribution in [0.3, 0.4) is 0 Å². The summed E-state index contributed by atoms with van der Waals surface area (Å²) in [5, 5.41) is 8.80. The first-order chi connectivity index (χ1) is 8.11. The standard InChI is InChI=1S/C12H11N3O2/c13-6-8-1-3-10-9(5-8)2-4-12(17)15(10)7-11(14)16/h1,3,5H,2,4,7H2,(H2,14,16). The van der Waals surface area contributed by atoms with Gasteiger partial charge in [0.15, 0.2) is 0 Å². The van der Waals surface area contributed by atoms with Gasteiger partial charge in [-0.3, -0.25) is 9.59 Å². The molecular formula is C12H11N3O2. The summed E-state index contributed by atoms with van der Waals surface area (Å²) in [6, 6.07) is 7.11. The Morgan fingerprint density at radius 1 is 1.47 bits per heavy atom. The third kappa shape index (κ3) is 2.11. The van der Waals surface area contributed by atoms with Crippen LogP contribution in [0.2, 0.25) is 0 Å². The van der Waals surface area contributed by atoms with E-state index >= 15 is 0 Å². The highest BCUT2D eigenvalue weighted by molar-refractivity contribution is 6.00. The van der Waals surface area contributed by atoms with Crippen LogP contribution in [-0.4, -0.2) is 18.4 Å². The van der Waals surface area contributed by atoms with Gasteiger partial charge in [0.25, 0.3) is 0 Å². The van der Waals surface area contributed by atoms with E-state index in [1.165, 1.54) is 4.90 Å². The highest BCUT2D eigenvalue weighted by Gasteiger charge is 2.25. The molecule has 2 rings (SSSR count). The minimum absolute atomic E-state index is 0.110. The molecule has 0 spiro atoms. The molecular weight excluding hydrogens is 218 g/mol. The predicted molar refractivity (Wildman–Crippen MR) is 61.0 cm³/mol. The molecule has 5 nitrogen and oxygen atoms in total. The number of fused-ring (bicyclic) bond motifs is 1. The van der Waals surface area contributed by atoms with Gasteiger partial charge in [0.1, 0.15) is 6.54 Å². The van der Waals surface area contributed by atoms with Crippen molar-refractivity contribution >= 4 is 17.5 Å². The van der Waals surface area contributed by atoms with Crippen molar-refractivity contribution in [2.24, 2.45) is 5.73 Å². The first kappa shape index (κ1) is 11.1. The molecule has 0 aromatic heterocycles. The number of aryl methyl sites for hydroxylation is 1. The quantitative estimate of drug-likeness (QED) is 0.792.